The van der Waals surface area contributed by atoms with Crippen molar-refractivity contribution in [2.45, 2.75) is 57.2 Å². The summed E-state index contributed by atoms with van der Waals surface area (Å²) in [7, 11) is -3.23. The lowest BCUT2D eigenvalue weighted by molar-refractivity contribution is -0.133. The molecule has 3 unspecified atom stereocenters. The minimum Gasteiger partial charge on any atom is -0.341 e. The molecule has 122 valence electrons. The predicted molar refractivity (Wildman–Crippen MR) is 83.9 cm³/mol. The van der Waals surface area contributed by atoms with Gasteiger partial charge in [-0.25, -0.2) is 8.42 Å². The van der Waals surface area contributed by atoms with Crippen LogP contribution < -0.4 is 5.32 Å². The van der Waals surface area contributed by atoms with Crippen LogP contribution in [0.4, 0.5) is 0 Å². The van der Waals surface area contributed by atoms with E-state index in [1.54, 1.807) is 4.90 Å². The third kappa shape index (κ3) is 3.77. The summed E-state index contributed by atoms with van der Waals surface area (Å²) in [4.78, 5) is 14.4. The van der Waals surface area contributed by atoms with Crippen molar-refractivity contribution in [2.75, 3.05) is 25.4 Å². The minimum atomic E-state index is -3.23. The molecule has 21 heavy (non-hydrogen) atoms. The first kappa shape index (κ1) is 16.7. The van der Waals surface area contributed by atoms with Crippen LogP contribution in [0.3, 0.4) is 0 Å². The Morgan fingerprint density at radius 1 is 1.24 bits per heavy atom. The van der Waals surface area contributed by atoms with E-state index < -0.39 is 15.1 Å². The average Bonchev–Trinajstić information content (AvgIpc) is 2.47. The van der Waals surface area contributed by atoms with Gasteiger partial charge < -0.3 is 10.2 Å². The molecular weight excluding hydrogens is 288 g/mol. The Morgan fingerprint density at radius 2 is 2.00 bits per heavy atom. The number of likely N-dealkylation sites (tertiary alicyclic amines) is 1. The van der Waals surface area contributed by atoms with Crippen LogP contribution in [0.25, 0.3) is 0 Å². The van der Waals surface area contributed by atoms with E-state index in [4.69, 9.17) is 0 Å². The molecule has 1 amide bonds. The van der Waals surface area contributed by atoms with E-state index in [-0.39, 0.29) is 11.7 Å². The maximum Gasteiger partial charge on any atom is 0.240 e. The van der Waals surface area contributed by atoms with Crippen molar-refractivity contribution < 1.29 is 13.2 Å². The van der Waals surface area contributed by atoms with Crippen molar-refractivity contribution in [3.8, 4) is 0 Å². The fourth-order valence-electron chi connectivity index (χ4n) is 3.61. The fraction of sp³-hybridized carbons (Fsp3) is 0.933. The summed E-state index contributed by atoms with van der Waals surface area (Å²) in [5.74, 6) is 0.450. The molecule has 0 bridgehead atoms. The lowest BCUT2D eigenvalue weighted by atomic mass is 9.89. The van der Waals surface area contributed by atoms with Crippen LogP contribution in [0.2, 0.25) is 0 Å². The number of carbonyl (C=O) groups excluding carboxylic acids is 1. The number of amides is 1. The van der Waals surface area contributed by atoms with Crippen molar-refractivity contribution in [3.05, 3.63) is 0 Å². The van der Waals surface area contributed by atoms with Crippen LogP contribution in [0, 0.1) is 5.92 Å². The second-order valence-corrected chi connectivity index (χ2v) is 8.56. The molecule has 5 nitrogen and oxygen atoms in total. The highest BCUT2D eigenvalue weighted by Gasteiger charge is 2.39. The average molecular weight is 316 g/mol. The van der Waals surface area contributed by atoms with Gasteiger partial charge in [0.2, 0.25) is 5.91 Å². The van der Waals surface area contributed by atoms with Crippen LogP contribution in [0.1, 0.15) is 46.0 Å². The van der Waals surface area contributed by atoms with Gasteiger partial charge >= 0.3 is 0 Å². The second-order valence-electron chi connectivity index (χ2n) is 6.26. The maximum absolute atomic E-state index is 12.6. The molecule has 2 aliphatic rings. The van der Waals surface area contributed by atoms with Gasteiger partial charge in [0.05, 0.1) is 5.75 Å². The smallest absolute Gasteiger partial charge is 0.240 e. The molecule has 1 N–H and O–H groups in total. The van der Waals surface area contributed by atoms with Crippen LogP contribution in [-0.4, -0.2) is 55.9 Å². The van der Waals surface area contributed by atoms with Crippen molar-refractivity contribution in [1.82, 2.24) is 10.2 Å². The van der Waals surface area contributed by atoms with Gasteiger partial charge in [-0.15, -0.1) is 0 Å². The highest BCUT2D eigenvalue weighted by atomic mass is 32.2. The first-order valence-electron chi connectivity index (χ1n) is 8.23. The molecule has 0 radical (unpaired) electrons. The number of hydrogen-bond acceptors (Lipinski definition) is 4. The van der Waals surface area contributed by atoms with E-state index in [9.17, 15) is 13.2 Å². The lowest BCUT2D eigenvalue weighted by Crippen LogP contribution is -2.54. The summed E-state index contributed by atoms with van der Waals surface area (Å²) in [5, 5.41) is 2.71. The van der Waals surface area contributed by atoms with Crippen molar-refractivity contribution in [2.24, 2.45) is 5.92 Å². The van der Waals surface area contributed by atoms with Gasteiger partial charge in [0.15, 0.2) is 9.84 Å². The van der Waals surface area contributed by atoms with E-state index >= 15 is 0 Å². The normalized spacial score (nSPS) is 32.9. The number of nitrogens with zero attached hydrogens (tertiary/aromatic N) is 1. The zero-order valence-electron chi connectivity index (χ0n) is 13.2. The number of nitrogens with one attached hydrogen (secondary N) is 1. The predicted octanol–water partition coefficient (Wildman–Crippen LogP) is 1.19. The summed E-state index contributed by atoms with van der Waals surface area (Å²) in [5.41, 5.74) is 0. The van der Waals surface area contributed by atoms with Crippen LogP contribution in [-0.2, 0) is 14.6 Å². The van der Waals surface area contributed by atoms with Crippen molar-refractivity contribution in [3.63, 3.8) is 0 Å². The quantitative estimate of drug-likeness (QED) is 0.846. The standard InChI is InChI=1S/C15H28N2O3S/c1-3-12-11-17(9-8-13(12)16-4-2)15(18)14-7-5-6-10-21(14,19)20/h12-14,16H,3-11H2,1-2H3. The summed E-state index contributed by atoms with van der Waals surface area (Å²) in [6.45, 7) is 6.54. The van der Waals surface area contributed by atoms with Gasteiger partial charge in [0.25, 0.3) is 0 Å². The van der Waals surface area contributed by atoms with E-state index in [0.29, 0.717) is 37.9 Å². The molecule has 0 aromatic heterocycles. The van der Waals surface area contributed by atoms with E-state index in [0.717, 1.165) is 25.8 Å². The van der Waals surface area contributed by atoms with E-state index in [1.165, 1.54) is 0 Å². The number of carbonyl (C=O) groups is 1. The Morgan fingerprint density at radius 3 is 2.62 bits per heavy atom. The largest absolute Gasteiger partial charge is 0.341 e. The first-order chi connectivity index (χ1) is 9.99. The van der Waals surface area contributed by atoms with Gasteiger partial charge in [-0.2, -0.15) is 0 Å². The summed E-state index contributed by atoms with van der Waals surface area (Å²) < 4.78 is 24.2. The Kier molecular flexibility index (Phi) is 5.66. The molecular formula is C15H28N2O3S. The van der Waals surface area contributed by atoms with Crippen LogP contribution in [0.15, 0.2) is 0 Å². The second kappa shape index (κ2) is 7.09. The van der Waals surface area contributed by atoms with Gasteiger partial charge in [0.1, 0.15) is 5.25 Å². The number of rotatable bonds is 4. The summed E-state index contributed by atoms with van der Waals surface area (Å²) >= 11 is 0. The van der Waals surface area contributed by atoms with Gasteiger partial charge in [-0.05, 0) is 31.7 Å². The van der Waals surface area contributed by atoms with Gasteiger partial charge in [-0.3, -0.25) is 4.79 Å². The highest BCUT2D eigenvalue weighted by Crippen LogP contribution is 2.25. The molecule has 0 spiro atoms. The molecule has 0 aromatic carbocycles. The number of piperidine rings is 1. The zero-order chi connectivity index (χ0) is 15.5. The molecule has 2 saturated heterocycles. The van der Waals surface area contributed by atoms with E-state index in [1.807, 2.05) is 0 Å². The topological polar surface area (TPSA) is 66.5 Å². The Hall–Kier alpha value is -0.620. The SMILES string of the molecule is CCNC1CCN(C(=O)C2CCCCS2(=O)=O)CC1CC. The highest BCUT2D eigenvalue weighted by molar-refractivity contribution is 7.92. The Labute approximate surface area is 128 Å². The molecule has 0 aliphatic carbocycles. The number of sulfone groups is 1. The molecule has 0 saturated carbocycles. The molecule has 2 fully saturated rings. The minimum absolute atomic E-state index is 0.150. The summed E-state index contributed by atoms with van der Waals surface area (Å²) in [6, 6.07) is 0.451. The summed E-state index contributed by atoms with van der Waals surface area (Å²) in [6.07, 6.45) is 3.99. The lowest BCUT2D eigenvalue weighted by Gasteiger charge is -2.40. The van der Waals surface area contributed by atoms with Crippen molar-refractivity contribution in [1.29, 1.82) is 0 Å². The molecule has 6 heteroatoms. The van der Waals surface area contributed by atoms with E-state index in [2.05, 4.69) is 19.2 Å². The molecule has 3 atom stereocenters. The van der Waals surface area contributed by atoms with Crippen LogP contribution >= 0.6 is 0 Å². The zero-order valence-corrected chi connectivity index (χ0v) is 14.0. The molecule has 2 heterocycles. The van der Waals surface area contributed by atoms with Crippen molar-refractivity contribution >= 4 is 15.7 Å². The van der Waals surface area contributed by atoms with Gasteiger partial charge in [0, 0.05) is 19.1 Å². The molecule has 2 aliphatic heterocycles. The number of hydrogen-bond donors (Lipinski definition) is 1. The monoisotopic (exact) mass is 316 g/mol. The molecule has 0 aromatic rings. The Bertz CT molecular complexity index is 464. The van der Waals surface area contributed by atoms with Gasteiger partial charge in [-0.1, -0.05) is 26.7 Å². The molecule has 2 rings (SSSR count). The maximum atomic E-state index is 12.6. The van der Waals surface area contributed by atoms with Crippen LogP contribution in [0.5, 0.6) is 0 Å². The Balaban J connectivity index is 2.03. The third-order valence-electron chi connectivity index (χ3n) is 4.89. The first-order valence-corrected chi connectivity index (χ1v) is 9.94. The fourth-order valence-corrected chi connectivity index (χ4v) is 5.49. The third-order valence-corrected chi connectivity index (χ3v) is 7.05.